The van der Waals surface area contributed by atoms with Crippen LogP contribution in [0.3, 0.4) is 0 Å². The molecule has 2 aromatic rings. The molecule has 0 saturated carbocycles. The van der Waals surface area contributed by atoms with Gasteiger partial charge in [0.1, 0.15) is 12.0 Å². The van der Waals surface area contributed by atoms with Crippen LogP contribution in [0, 0.1) is 0 Å². The molecule has 0 aliphatic carbocycles. The number of anilines is 3. The van der Waals surface area contributed by atoms with Crippen molar-refractivity contribution in [2.45, 2.75) is 0 Å². The maximum absolute atomic E-state index is 5.89. The van der Waals surface area contributed by atoms with Crippen molar-refractivity contribution in [2.75, 3.05) is 25.0 Å². The molecular formula is C12H12N4O3. The highest BCUT2D eigenvalue weighted by molar-refractivity contribution is 5.73. The molecule has 7 heteroatoms. The van der Waals surface area contributed by atoms with E-state index in [2.05, 4.69) is 15.3 Å². The van der Waals surface area contributed by atoms with Gasteiger partial charge < -0.3 is 25.3 Å². The summed E-state index contributed by atoms with van der Waals surface area (Å²) in [6, 6.07) is 5.48. The van der Waals surface area contributed by atoms with Gasteiger partial charge >= 0.3 is 0 Å². The molecule has 1 aromatic heterocycles. The molecule has 0 saturated heterocycles. The van der Waals surface area contributed by atoms with Crippen molar-refractivity contribution in [3.05, 3.63) is 24.5 Å². The van der Waals surface area contributed by atoms with Crippen LogP contribution in [0.2, 0.25) is 0 Å². The largest absolute Gasteiger partial charge is 0.479 e. The molecule has 0 fully saturated rings. The minimum absolute atomic E-state index is 0.238. The van der Waals surface area contributed by atoms with Crippen molar-refractivity contribution < 1.29 is 14.2 Å². The number of aromatic nitrogens is 2. The fourth-order valence-electron chi connectivity index (χ4n) is 1.75. The van der Waals surface area contributed by atoms with Crippen LogP contribution in [0.15, 0.2) is 24.5 Å². The topological polar surface area (TPSA) is 91.5 Å². The standard InChI is InChI=1S/C12H12N4O3/c1-17-12-10(13)11(14-5-15-12)16-7-2-3-8-9(4-7)19-6-18-8/h2-5H,6,13H2,1H3,(H,14,15,16). The summed E-state index contributed by atoms with van der Waals surface area (Å²) in [6.45, 7) is 0.238. The van der Waals surface area contributed by atoms with Crippen LogP contribution in [0.1, 0.15) is 0 Å². The van der Waals surface area contributed by atoms with E-state index in [-0.39, 0.29) is 6.79 Å². The van der Waals surface area contributed by atoms with Gasteiger partial charge in [-0.3, -0.25) is 0 Å². The molecule has 0 unspecified atom stereocenters. The number of nitrogens with zero attached hydrogens (tertiary/aromatic N) is 2. The Balaban J connectivity index is 1.89. The zero-order chi connectivity index (χ0) is 13.2. The van der Waals surface area contributed by atoms with E-state index < -0.39 is 0 Å². The number of methoxy groups -OCH3 is 1. The van der Waals surface area contributed by atoms with Crippen LogP contribution in [-0.4, -0.2) is 23.9 Å². The van der Waals surface area contributed by atoms with Crippen molar-refractivity contribution in [3.63, 3.8) is 0 Å². The first-order valence-corrected chi connectivity index (χ1v) is 5.59. The van der Waals surface area contributed by atoms with E-state index in [9.17, 15) is 0 Å². The highest BCUT2D eigenvalue weighted by Crippen LogP contribution is 2.36. The lowest BCUT2D eigenvalue weighted by molar-refractivity contribution is 0.174. The first-order valence-electron chi connectivity index (χ1n) is 5.59. The predicted octanol–water partition coefficient (Wildman–Crippen LogP) is 1.54. The molecule has 1 aromatic carbocycles. The number of rotatable bonds is 3. The molecule has 98 valence electrons. The third kappa shape index (κ3) is 2.05. The van der Waals surface area contributed by atoms with E-state index in [0.29, 0.717) is 23.1 Å². The third-order valence-corrected chi connectivity index (χ3v) is 2.68. The van der Waals surface area contributed by atoms with Crippen LogP contribution in [0.25, 0.3) is 0 Å². The van der Waals surface area contributed by atoms with E-state index in [1.807, 2.05) is 18.2 Å². The summed E-state index contributed by atoms with van der Waals surface area (Å²) in [5.41, 5.74) is 7.02. The van der Waals surface area contributed by atoms with Crippen molar-refractivity contribution in [3.8, 4) is 17.4 Å². The lowest BCUT2D eigenvalue weighted by Crippen LogP contribution is -2.03. The Morgan fingerprint density at radius 1 is 1.26 bits per heavy atom. The number of fused-ring (bicyclic) bond motifs is 1. The van der Waals surface area contributed by atoms with E-state index in [1.165, 1.54) is 13.4 Å². The second kappa shape index (κ2) is 4.52. The van der Waals surface area contributed by atoms with Crippen molar-refractivity contribution in [1.29, 1.82) is 0 Å². The third-order valence-electron chi connectivity index (χ3n) is 2.68. The number of hydrogen-bond acceptors (Lipinski definition) is 7. The Morgan fingerprint density at radius 2 is 2.11 bits per heavy atom. The van der Waals surface area contributed by atoms with Crippen LogP contribution in [0.4, 0.5) is 17.2 Å². The van der Waals surface area contributed by atoms with Crippen molar-refractivity contribution in [1.82, 2.24) is 9.97 Å². The van der Waals surface area contributed by atoms with E-state index in [0.717, 1.165) is 11.4 Å². The van der Waals surface area contributed by atoms with Gasteiger partial charge in [-0.2, -0.15) is 4.98 Å². The number of nitrogens with one attached hydrogen (secondary N) is 1. The summed E-state index contributed by atoms with van der Waals surface area (Å²) in [5, 5.41) is 3.08. The predicted molar refractivity (Wildman–Crippen MR) is 68.8 cm³/mol. The quantitative estimate of drug-likeness (QED) is 0.864. The number of ether oxygens (including phenoxy) is 3. The Hall–Kier alpha value is -2.70. The van der Waals surface area contributed by atoms with E-state index in [1.54, 1.807) is 0 Å². The lowest BCUT2D eigenvalue weighted by atomic mass is 10.2. The molecule has 19 heavy (non-hydrogen) atoms. The van der Waals surface area contributed by atoms with Gasteiger partial charge in [0.25, 0.3) is 0 Å². The molecule has 0 bridgehead atoms. The van der Waals surface area contributed by atoms with Gasteiger partial charge in [-0.05, 0) is 12.1 Å². The van der Waals surface area contributed by atoms with Gasteiger partial charge in [0.05, 0.1) is 7.11 Å². The Labute approximate surface area is 109 Å². The minimum Gasteiger partial charge on any atom is -0.479 e. The van der Waals surface area contributed by atoms with Gasteiger partial charge in [-0.25, -0.2) is 4.98 Å². The van der Waals surface area contributed by atoms with Gasteiger partial charge in [0.2, 0.25) is 12.7 Å². The van der Waals surface area contributed by atoms with E-state index >= 15 is 0 Å². The van der Waals surface area contributed by atoms with Gasteiger partial charge in [0, 0.05) is 11.8 Å². The molecule has 1 aliphatic rings. The summed E-state index contributed by atoms with van der Waals surface area (Å²) >= 11 is 0. The van der Waals surface area contributed by atoms with Gasteiger partial charge in [-0.15, -0.1) is 0 Å². The zero-order valence-electron chi connectivity index (χ0n) is 10.2. The number of hydrogen-bond donors (Lipinski definition) is 2. The molecule has 0 spiro atoms. The monoisotopic (exact) mass is 260 g/mol. The Morgan fingerprint density at radius 3 is 2.95 bits per heavy atom. The molecule has 3 N–H and O–H groups in total. The molecule has 0 radical (unpaired) electrons. The second-order valence-corrected chi connectivity index (χ2v) is 3.84. The first kappa shape index (κ1) is 11.4. The van der Waals surface area contributed by atoms with Crippen molar-refractivity contribution in [2.24, 2.45) is 0 Å². The maximum Gasteiger partial charge on any atom is 0.242 e. The number of benzene rings is 1. The summed E-state index contributed by atoms with van der Waals surface area (Å²) in [6.07, 6.45) is 1.38. The average Bonchev–Trinajstić information content (AvgIpc) is 2.88. The normalized spacial score (nSPS) is 12.3. The lowest BCUT2D eigenvalue weighted by Gasteiger charge is -2.10. The summed E-state index contributed by atoms with van der Waals surface area (Å²) in [5.74, 6) is 2.22. The molecule has 1 aliphatic heterocycles. The van der Waals surface area contributed by atoms with Crippen LogP contribution >= 0.6 is 0 Å². The van der Waals surface area contributed by atoms with Crippen molar-refractivity contribution >= 4 is 17.2 Å². The fraction of sp³-hybridized carbons (Fsp3) is 0.167. The molecular weight excluding hydrogens is 248 g/mol. The highest BCUT2D eigenvalue weighted by Gasteiger charge is 2.14. The summed E-state index contributed by atoms with van der Waals surface area (Å²) in [7, 11) is 1.50. The summed E-state index contributed by atoms with van der Waals surface area (Å²) < 4.78 is 15.6. The van der Waals surface area contributed by atoms with Gasteiger partial charge in [-0.1, -0.05) is 0 Å². The Kier molecular flexibility index (Phi) is 2.71. The molecule has 0 amide bonds. The fourth-order valence-corrected chi connectivity index (χ4v) is 1.75. The second-order valence-electron chi connectivity index (χ2n) is 3.84. The van der Waals surface area contributed by atoms with Gasteiger partial charge in [0.15, 0.2) is 17.3 Å². The molecule has 3 rings (SSSR count). The molecule has 0 atom stereocenters. The maximum atomic E-state index is 5.89. The Bertz CT molecular complexity index is 618. The van der Waals surface area contributed by atoms with Crippen LogP contribution in [-0.2, 0) is 0 Å². The number of nitrogen functional groups attached to an aromatic ring is 1. The van der Waals surface area contributed by atoms with E-state index in [4.69, 9.17) is 19.9 Å². The zero-order valence-corrected chi connectivity index (χ0v) is 10.2. The average molecular weight is 260 g/mol. The minimum atomic E-state index is 0.238. The molecule has 7 nitrogen and oxygen atoms in total. The highest BCUT2D eigenvalue weighted by atomic mass is 16.7. The number of nitrogens with two attached hydrogens (primary N) is 1. The van der Waals surface area contributed by atoms with Crippen LogP contribution in [0.5, 0.6) is 17.4 Å². The SMILES string of the molecule is COc1ncnc(Nc2ccc3c(c2)OCO3)c1N. The molecule has 2 heterocycles. The first-order chi connectivity index (χ1) is 9.28. The van der Waals surface area contributed by atoms with Crippen LogP contribution < -0.4 is 25.3 Å². The smallest absolute Gasteiger partial charge is 0.242 e. The summed E-state index contributed by atoms with van der Waals surface area (Å²) in [4.78, 5) is 7.99.